The van der Waals surface area contributed by atoms with Crippen molar-refractivity contribution in [1.29, 1.82) is 0 Å². The molecule has 2 aromatic carbocycles. The van der Waals surface area contributed by atoms with Crippen LogP contribution in [0.1, 0.15) is 30.4 Å². The Morgan fingerprint density at radius 2 is 1.96 bits per heavy atom. The smallest absolute Gasteiger partial charge is 0.0871 e. The largest absolute Gasteiger partial charge is 0.513 e. The van der Waals surface area contributed by atoms with E-state index in [1.807, 2.05) is 18.2 Å². The number of nitrogens with zero attached hydrogens (tertiary/aromatic N) is 1. The summed E-state index contributed by atoms with van der Waals surface area (Å²) >= 11 is 6.05. The number of hydrogen-bond acceptors (Lipinski definition) is 2. The molecule has 0 spiro atoms. The van der Waals surface area contributed by atoms with Gasteiger partial charge in [-0.15, -0.1) is 0 Å². The Balaban J connectivity index is 1.70. The molecule has 0 amide bonds. The Morgan fingerprint density at radius 1 is 1.17 bits per heavy atom. The number of anilines is 1. The lowest BCUT2D eigenvalue weighted by molar-refractivity contribution is 0.376. The van der Waals surface area contributed by atoms with Gasteiger partial charge in [-0.05, 0) is 54.7 Å². The summed E-state index contributed by atoms with van der Waals surface area (Å²) in [5.41, 5.74) is 3.72. The highest BCUT2D eigenvalue weighted by molar-refractivity contribution is 6.30. The van der Waals surface area contributed by atoms with Crippen LogP contribution in [0.3, 0.4) is 0 Å². The Kier molecular flexibility index (Phi) is 4.92. The lowest BCUT2D eigenvalue weighted by Gasteiger charge is -2.26. The number of aliphatic hydroxyl groups excluding tert-OH is 1. The molecule has 1 heterocycles. The fourth-order valence-electron chi connectivity index (χ4n) is 3.35. The van der Waals surface area contributed by atoms with Crippen LogP contribution in [0.2, 0.25) is 5.02 Å². The second-order valence-corrected chi connectivity index (χ2v) is 6.67. The van der Waals surface area contributed by atoms with Gasteiger partial charge in [0, 0.05) is 29.7 Å². The standard InChI is InChI=1S/C20H22ClNO/c1-15(23)12-20-6-3-11-22(20)19-9-7-16(8-10-19)13-17-4-2-5-18(21)14-17/h2,4-5,7-10,14,20,23H,1,3,6,11-13H2. The predicted molar refractivity (Wildman–Crippen MR) is 97.5 cm³/mol. The van der Waals surface area contributed by atoms with Crippen molar-refractivity contribution in [3.05, 3.63) is 77.0 Å². The highest BCUT2D eigenvalue weighted by Gasteiger charge is 2.25. The summed E-state index contributed by atoms with van der Waals surface area (Å²) in [4.78, 5) is 2.38. The van der Waals surface area contributed by atoms with Crippen molar-refractivity contribution in [2.24, 2.45) is 0 Å². The van der Waals surface area contributed by atoms with E-state index in [0.29, 0.717) is 12.5 Å². The van der Waals surface area contributed by atoms with E-state index >= 15 is 0 Å². The van der Waals surface area contributed by atoms with Crippen LogP contribution in [0.15, 0.2) is 60.9 Å². The van der Waals surface area contributed by atoms with Gasteiger partial charge in [0.1, 0.15) is 0 Å². The minimum Gasteiger partial charge on any atom is -0.513 e. The lowest BCUT2D eigenvalue weighted by atomic mass is 10.0. The third-order valence-electron chi connectivity index (χ3n) is 4.41. The quantitative estimate of drug-likeness (QED) is 0.747. The van der Waals surface area contributed by atoms with Gasteiger partial charge in [-0.3, -0.25) is 0 Å². The first-order valence-corrected chi connectivity index (χ1v) is 8.46. The van der Waals surface area contributed by atoms with Crippen LogP contribution < -0.4 is 4.90 Å². The number of hydrogen-bond donors (Lipinski definition) is 1. The number of aliphatic hydroxyl groups is 1. The van der Waals surface area contributed by atoms with Crippen molar-refractivity contribution in [2.45, 2.75) is 31.7 Å². The molecule has 0 saturated carbocycles. The van der Waals surface area contributed by atoms with Gasteiger partial charge in [0.05, 0.1) is 5.76 Å². The lowest BCUT2D eigenvalue weighted by Crippen LogP contribution is -2.29. The van der Waals surface area contributed by atoms with E-state index in [1.54, 1.807) is 0 Å². The summed E-state index contributed by atoms with van der Waals surface area (Å²) < 4.78 is 0. The zero-order valence-electron chi connectivity index (χ0n) is 13.2. The number of halogens is 1. The molecule has 0 aliphatic carbocycles. The van der Waals surface area contributed by atoms with E-state index in [4.69, 9.17) is 11.6 Å². The predicted octanol–water partition coefficient (Wildman–Crippen LogP) is 5.36. The van der Waals surface area contributed by atoms with Crippen LogP contribution in [0.25, 0.3) is 0 Å². The first kappa shape index (κ1) is 15.9. The van der Waals surface area contributed by atoms with E-state index in [1.165, 1.54) is 23.2 Å². The van der Waals surface area contributed by atoms with E-state index in [9.17, 15) is 5.11 Å². The highest BCUT2D eigenvalue weighted by atomic mass is 35.5. The Hall–Kier alpha value is -1.93. The molecule has 23 heavy (non-hydrogen) atoms. The van der Waals surface area contributed by atoms with Crippen LogP contribution >= 0.6 is 11.6 Å². The summed E-state index contributed by atoms with van der Waals surface area (Å²) in [6, 6.07) is 17.1. The van der Waals surface area contributed by atoms with Crippen molar-refractivity contribution >= 4 is 17.3 Å². The van der Waals surface area contributed by atoms with Gasteiger partial charge in [-0.2, -0.15) is 0 Å². The zero-order valence-corrected chi connectivity index (χ0v) is 14.0. The molecule has 0 radical (unpaired) electrons. The fraction of sp³-hybridized carbons (Fsp3) is 0.300. The van der Waals surface area contributed by atoms with Gasteiger partial charge in [0.2, 0.25) is 0 Å². The minimum absolute atomic E-state index is 0.277. The molecule has 0 aromatic heterocycles. The van der Waals surface area contributed by atoms with Crippen LogP contribution in [-0.2, 0) is 6.42 Å². The SMILES string of the molecule is C=C(O)CC1CCCN1c1ccc(Cc2cccc(Cl)c2)cc1. The van der Waals surface area contributed by atoms with Crippen LogP contribution in [0.5, 0.6) is 0 Å². The first-order valence-electron chi connectivity index (χ1n) is 8.08. The molecule has 2 aromatic rings. The average molecular weight is 328 g/mol. The van der Waals surface area contributed by atoms with E-state index in [0.717, 1.165) is 24.4 Å². The normalized spacial score (nSPS) is 17.4. The molecule has 1 unspecified atom stereocenters. The molecule has 1 aliphatic rings. The van der Waals surface area contributed by atoms with Gasteiger partial charge in [0.15, 0.2) is 0 Å². The van der Waals surface area contributed by atoms with Gasteiger partial charge in [0.25, 0.3) is 0 Å². The van der Waals surface area contributed by atoms with Crippen molar-refractivity contribution in [1.82, 2.24) is 0 Å². The molecule has 3 rings (SSSR count). The Bertz CT molecular complexity index is 680. The monoisotopic (exact) mass is 327 g/mol. The molecule has 2 nitrogen and oxygen atoms in total. The van der Waals surface area contributed by atoms with E-state index in [2.05, 4.69) is 41.8 Å². The minimum atomic E-state index is 0.277. The maximum atomic E-state index is 9.48. The maximum absolute atomic E-state index is 9.48. The second kappa shape index (κ2) is 7.10. The van der Waals surface area contributed by atoms with Crippen molar-refractivity contribution in [2.75, 3.05) is 11.4 Å². The van der Waals surface area contributed by atoms with Gasteiger partial charge < -0.3 is 10.0 Å². The summed E-state index contributed by atoms with van der Waals surface area (Å²) in [5, 5.41) is 10.3. The van der Waals surface area contributed by atoms with Crippen molar-refractivity contribution in [3.8, 4) is 0 Å². The van der Waals surface area contributed by atoms with Gasteiger partial charge >= 0.3 is 0 Å². The van der Waals surface area contributed by atoms with Crippen molar-refractivity contribution < 1.29 is 5.11 Å². The number of rotatable bonds is 5. The molecule has 1 saturated heterocycles. The fourth-order valence-corrected chi connectivity index (χ4v) is 3.56. The van der Waals surface area contributed by atoms with Gasteiger partial charge in [-0.25, -0.2) is 0 Å². The molecular formula is C20H22ClNO. The molecule has 3 heteroatoms. The Morgan fingerprint density at radius 3 is 2.65 bits per heavy atom. The summed E-state index contributed by atoms with van der Waals surface area (Å²) in [6.07, 6.45) is 3.83. The average Bonchev–Trinajstić information content (AvgIpc) is 2.95. The second-order valence-electron chi connectivity index (χ2n) is 6.23. The third kappa shape index (κ3) is 4.08. The number of benzene rings is 2. The van der Waals surface area contributed by atoms with Gasteiger partial charge in [-0.1, -0.05) is 42.4 Å². The zero-order chi connectivity index (χ0) is 16.2. The highest BCUT2D eigenvalue weighted by Crippen LogP contribution is 2.29. The first-order chi connectivity index (χ1) is 11.1. The molecule has 1 aliphatic heterocycles. The molecule has 1 fully saturated rings. The van der Waals surface area contributed by atoms with Crippen LogP contribution in [0.4, 0.5) is 5.69 Å². The topological polar surface area (TPSA) is 23.5 Å². The maximum Gasteiger partial charge on any atom is 0.0871 e. The molecule has 0 bridgehead atoms. The molecule has 120 valence electrons. The molecular weight excluding hydrogens is 306 g/mol. The summed E-state index contributed by atoms with van der Waals surface area (Å²) in [6.45, 7) is 4.68. The van der Waals surface area contributed by atoms with Crippen molar-refractivity contribution in [3.63, 3.8) is 0 Å². The van der Waals surface area contributed by atoms with E-state index in [-0.39, 0.29) is 5.76 Å². The van der Waals surface area contributed by atoms with Crippen LogP contribution in [0, 0.1) is 0 Å². The summed E-state index contributed by atoms with van der Waals surface area (Å²) in [5.74, 6) is 0.277. The summed E-state index contributed by atoms with van der Waals surface area (Å²) in [7, 11) is 0. The third-order valence-corrected chi connectivity index (χ3v) is 4.65. The molecule has 1 N–H and O–H groups in total. The Labute approximate surface area is 143 Å². The van der Waals surface area contributed by atoms with E-state index < -0.39 is 0 Å². The van der Waals surface area contributed by atoms with Crippen LogP contribution in [-0.4, -0.2) is 17.7 Å². The molecule has 1 atom stereocenters.